The van der Waals surface area contributed by atoms with Gasteiger partial charge in [-0.15, -0.1) is 0 Å². The van der Waals surface area contributed by atoms with Gasteiger partial charge in [0.1, 0.15) is 0 Å². The third kappa shape index (κ3) is 4.42. The minimum absolute atomic E-state index is 0.0493. The molecular formula is C16H18Cl2N2O. The normalized spacial score (nSPS) is 33.5. The second-order valence-electron chi connectivity index (χ2n) is 5.02. The highest BCUT2D eigenvalue weighted by molar-refractivity contribution is 6.34. The fourth-order valence-electron chi connectivity index (χ4n) is 2.17. The van der Waals surface area contributed by atoms with Crippen molar-refractivity contribution in [3.8, 4) is 0 Å². The van der Waals surface area contributed by atoms with Gasteiger partial charge in [-0.3, -0.25) is 5.32 Å². The number of aliphatic hydroxyl groups excluding tert-OH is 1. The molecule has 3 atom stereocenters. The Morgan fingerprint density at radius 3 is 2.62 bits per heavy atom. The van der Waals surface area contributed by atoms with Crippen LogP contribution in [0.2, 0.25) is 5.02 Å². The molecule has 1 aliphatic rings. The molecule has 0 spiro atoms. The average Bonchev–Trinajstić information content (AvgIpc) is 2.42. The van der Waals surface area contributed by atoms with E-state index in [1.165, 1.54) is 0 Å². The molecule has 3 nitrogen and oxygen atoms in total. The largest absolute Gasteiger partial charge is 0.360 e. The van der Waals surface area contributed by atoms with Gasteiger partial charge in [-0.2, -0.15) is 0 Å². The van der Waals surface area contributed by atoms with Gasteiger partial charge in [-0.1, -0.05) is 60.5 Å². The number of aliphatic hydroxyl groups is 1. The lowest BCUT2D eigenvalue weighted by Gasteiger charge is -2.19. The SMILES string of the molecule is CC1/C=C\C(Cl)=C/C(C)/C(c2ccccc2Cl)=N\C(O)N1. The predicted molar refractivity (Wildman–Crippen MR) is 88.8 cm³/mol. The molecule has 1 aliphatic heterocycles. The van der Waals surface area contributed by atoms with Crippen LogP contribution in [0.4, 0.5) is 0 Å². The number of hydrogen-bond donors (Lipinski definition) is 2. The summed E-state index contributed by atoms with van der Waals surface area (Å²) in [5.74, 6) is -0.0769. The van der Waals surface area contributed by atoms with Crippen LogP contribution in [0.5, 0.6) is 0 Å². The maximum atomic E-state index is 10.1. The van der Waals surface area contributed by atoms with Crippen LogP contribution in [0.25, 0.3) is 0 Å². The monoisotopic (exact) mass is 324 g/mol. The Bertz CT molecular complexity index is 596. The summed E-state index contributed by atoms with van der Waals surface area (Å²) in [6.07, 6.45) is 4.59. The van der Waals surface area contributed by atoms with Crippen molar-refractivity contribution in [1.82, 2.24) is 5.32 Å². The predicted octanol–water partition coefficient (Wildman–Crippen LogP) is 3.71. The lowest BCUT2D eigenvalue weighted by molar-refractivity contribution is 0.140. The van der Waals surface area contributed by atoms with Crippen LogP contribution >= 0.6 is 23.2 Å². The van der Waals surface area contributed by atoms with Gasteiger partial charge >= 0.3 is 0 Å². The van der Waals surface area contributed by atoms with Crippen LogP contribution in [0, 0.1) is 5.92 Å². The van der Waals surface area contributed by atoms with Gasteiger partial charge in [-0.25, -0.2) is 4.99 Å². The molecule has 0 aromatic heterocycles. The standard InChI is InChI=1S/C16H18Cl2N2O/c1-10-9-12(17)8-7-11(2)19-16(21)20-15(10)13-5-3-4-6-14(13)18/h3-11,16,19,21H,1-2H3/b8-7-,12-9+,20-15+. The van der Waals surface area contributed by atoms with Crippen LogP contribution in [0.1, 0.15) is 19.4 Å². The lowest BCUT2D eigenvalue weighted by atomic mass is 9.97. The zero-order valence-corrected chi connectivity index (χ0v) is 13.4. The van der Waals surface area contributed by atoms with Crippen LogP contribution in [-0.4, -0.2) is 23.2 Å². The molecule has 0 amide bonds. The third-order valence-electron chi connectivity index (χ3n) is 3.21. The van der Waals surface area contributed by atoms with Crippen molar-refractivity contribution in [2.45, 2.75) is 26.2 Å². The molecule has 112 valence electrons. The van der Waals surface area contributed by atoms with Crippen molar-refractivity contribution in [2.24, 2.45) is 10.9 Å². The van der Waals surface area contributed by atoms with Crippen molar-refractivity contribution < 1.29 is 5.11 Å². The van der Waals surface area contributed by atoms with E-state index >= 15 is 0 Å². The summed E-state index contributed by atoms with van der Waals surface area (Å²) in [6, 6.07) is 7.39. The van der Waals surface area contributed by atoms with Crippen molar-refractivity contribution in [2.75, 3.05) is 0 Å². The van der Waals surface area contributed by atoms with Gasteiger partial charge < -0.3 is 5.11 Å². The molecule has 1 heterocycles. The molecule has 0 bridgehead atoms. The highest BCUT2D eigenvalue weighted by Gasteiger charge is 2.17. The minimum atomic E-state index is -0.997. The van der Waals surface area contributed by atoms with Crippen LogP contribution in [0.3, 0.4) is 0 Å². The molecule has 1 aromatic rings. The van der Waals surface area contributed by atoms with E-state index in [1.807, 2.05) is 50.3 Å². The first-order chi connectivity index (χ1) is 9.97. The zero-order chi connectivity index (χ0) is 15.4. The van der Waals surface area contributed by atoms with E-state index in [1.54, 1.807) is 6.07 Å². The molecule has 5 heteroatoms. The zero-order valence-electron chi connectivity index (χ0n) is 11.9. The quantitative estimate of drug-likeness (QED) is 0.827. The fourth-order valence-corrected chi connectivity index (χ4v) is 2.66. The Morgan fingerprint density at radius 1 is 1.19 bits per heavy atom. The number of benzene rings is 1. The van der Waals surface area contributed by atoms with E-state index in [-0.39, 0.29) is 12.0 Å². The Morgan fingerprint density at radius 2 is 1.90 bits per heavy atom. The summed E-state index contributed by atoms with van der Waals surface area (Å²) < 4.78 is 0. The maximum absolute atomic E-state index is 10.1. The molecule has 2 rings (SSSR count). The Balaban J connectivity index is 2.49. The summed E-state index contributed by atoms with van der Waals surface area (Å²) in [6.45, 7) is 3.88. The second kappa shape index (κ2) is 7.23. The number of nitrogens with zero attached hydrogens (tertiary/aromatic N) is 1. The van der Waals surface area contributed by atoms with E-state index in [2.05, 4.69) is 10.3 Å². The lowest BCUT2D eigenvalue weighted by Crippen LogP contribution is -2.35. The van der Waals surface area contributed by atoms with Crippen LogP contribution < -0.4 is 5.32 Å². The topological polar surface area (TPSA) is 44.6 Å². The third-order valence-corrected chi connectivity index (χ3v) is 3.79. The van der Waals surface area contributed by atoms with Gasteiger partial charge in [0, 0.05) is 27.6 Å². The average molecular weight is 325 g/mol. The van der Waals surface area contributed by atoms with Gasteiger partial charge in [0.2, 0.25) is 6.35 Å². The van der Waals surface area contributed by atoms with E-state index in [9.17, 15) is 5.11 Å². The summed E-state index contributed by atoms with van der Waals surface area (Å²) >= 11 is 12.5. The molecule has 0 saturated heterocycles. The number of allylic oxidation sites excluding steroid dienone is 3. The summed E-state index contributed by atoms with van der Waals surface area (Å²) in [5, 5.41) is 14.3. The van der Waals surface area contributed by atoms with Crippen LogP contribution in [0.15, 0.2) is 52.5 Å². The number of hydrogen-bond acceptors (Lipinski definition) is 3. The molecule has 0 aliphatic carbocycles. The Hall–Kier alpha value is -1.13. The maximum Gasteiger partial charge on any atom is 0.202 e. The first-order valence-corrected chi connectivity index (χ1v) is 7.55. The van der Waals surface area contributed by atoms with Gasteiger partial charge in [-0.05, 0) is 19.1 Å². The van der Waals surface area contributed by atoms with E-state index in [0.29, 0.717) is 15.8 Å². The second-order valence-corrected chi connectivity index (χ2v) is 5.87. The van der Waals surface area contributed by atoms with Crippen molar-refractivity contribution >= 4 is 28.9 Å². The Labute approximate surface area is 135 Å². The van der Waals surface area contributed by atoms with E-state index < -0.39 is 6.35 Å². The smallest absolute Gasteiger partial charge is 0.202 e. The highest BCUT2D eigenvalue weighted by Crippen LogP contribution is 2.23. The fraction of sp³-hybridized carbons (Fsp3) is 0.312. The number of rotatable bonds is 1. The molecular weight excluding hydrogens is 307 g/mol. The van der Waals surface area contributed by atoms with Crippen LogP contribution in [-0.2, 0) is 0 Å². The Kier molecular flexibility index (Phi) is 5.59. The molecule has 3 unspecified atom stereocenters. The molecule has 0 fully saturated rings. The van der Waals surface area contributed by atoms with Crippen molar-refractivity contribution in [1.29, 1.82) is 0 Å². The van der Waals surface area contributed by atoms with Crippen molar-refractivity contribution in [3.63, 3.8) is 0 Å². The van der Waals surface area contributed by atoms with Crippen molar-refractivity contribution in [3.05, 3.63) is 58.1 Å². The summed E-state index contributed by atoms with van der Waals surface area (Å²) in [4.78, 5) is 4.37. The van der Waals surface area contributed by atoms with Gasteiger partial charge in [0.05, 0.1) is 5.71 Å². The minimum Gasteiger partial charge on any atom is -0.360 e. The highest BCUT2D eigenvalue weighted by atomic mass is 35.5. The summed E-state index contributed by atoms with van der Waals surface area (Å²) in [5.41, 5.74) is 1.49. The first kappa shape index (κ1) is 16.2. The van der Waals surface area contributed by atoms with Gasteiger partial charge in [0.25, 0.3) is 0 Å². The number of aliphatic imine (C=N–C) groups is 1. The number of nitrogens with one attached hydrogen (secondary N) is 1. The molecule has 21 heavy (non-hydrogen) atoms. The summed E-state index contributed by atoms with van der Waals surface area (Å²) in [7, 11) is 0. The first-order valence-electron chi connectivity index (χ1n) is 6.79. The molecule has 0 radical (unpaired) electrons. The molecule has 2 N–H and O–H groups in total. The number of halogens is 2. The molecule has 0 saturated carbocycles. The van der Waals surface area contributed by atoms with Gasteiger partial charge in [0.15, 0.2) is 0 Å². The molecule has 1 aromatic carbocycles. The van der Waals surface area contributed by atoms with E-state index in [4.69, 9.17) is 23.2 Å². The van der Waals surface area contributed by atoms with E-state index in [0.717, 1.165) is 5.56 Å².